The Kier molecular flexibility index (Phi) is 20.4. The number of anilines is 2. The van der Waals surface area contributed by atoms with Gasteiger partial charge in [0.05, 0.1) is 54.5 Å². The predicted octanol–water partition coefficient (Wildman–Crippen LogP) is -3.68. The Bertz CT molecular complexity index is 3600. The zero-order valence-electron chi connectivity index (χ0n) is 36.7. The van der Waals surface area contributed by atoms with Crippen molar-refractivity contribution in [1.82, 2.24) is 19.6 Å². The van der Waals surface area contributed by atoms with Gasteiger partial charge in [0.15, 0.2) is 11.4 Å². The molecule has 7 aromatic rings. The number of hydrogen-bond donors (Lipinski definition) is 4. The van der Waals surface area contributed by atoms with Crippen LogP contribution in [0.4, 0.5) is 34.1 Å². The van der Waals surface area contributed by atoms with E-state index in [4.69, 9.17) is 0 Å². The van der Waals surface area contributed by atoms with Crippen LogP contribution in [0.1, 0.15) is 32.1 Å². The Hall–Kier alpha value is -3.10. The van der Waals surface area contributed by atoms with Crippen molar-refractivity contribution in [3.8, 4) is 11.4 Å². The molecule has 69 heavy (non-hydrogen) atoms. The fourth-order valence-corrected chi connectivity index (χ4v) is 7.68. The third-order valence-corrected chi connectivity index (χ3v) is 12.0. The van der Waals surface area contributed by atoms with E-state index in [2.05, 4.69) is 41.3 Å². The number of aromatic nitrogens is 4. The van der Waals surface area contributed by atoms with Crippen molar-refractivity contribution in [2.45, 2.75) is 28.5 Å². The first-order chi connectivity index (χ1) is 31.1. The zero-order chi connectivity index (χ0) is 47.7. The molecule has 0 unspecified atom stereocenters. The van der Waals surface area contributed by atoms with Crippen LogP contribution in [0, 0.1) is 13.8 Å². The molecule has 23 nitrogen and oxygen atoms in total. The van der Waals surface area contributed by atoms with Crippen molar-refractivity contribution in [2.75, 3.05) is 10.6 Å². The first-order valence-corrected chi connectivity index (χ1v) is 22.8. The van der Waals surface area contributed by atoms with Gasteiger partial charge in [-0.1, -0.05) is 0 Å². The predicted molar refractivity (Wildman–Crippen MR) is 230 cm³/mol. The Labute approximate surface area is 519 Å². The molecule has 7 rings (SSSR count). The minimum Gasteiger partial charge on any atom is -0.744 e. The first-order valence-electron chi connectivity index (χ1n) is 18.6. The monoisotopic (exact) mass is 1070 g/mol. The van der Waals surface area contributed by atoms with Gasteiger partial charge >= 0.3 is 154 Å². The molecule has 0 atom stereocenters. The van der Waals surface area contributed by atoms with Crippen molar-refractivity contribution in [2.24, 2.45) is 20.5 Å². The number of nitrogens with zero attached hydrogens (tertiary/aromatic N) is 6. The Morgan fingerprint density at radius 3 is 1.25 bits per heavy atom. The molecule has 2 heterocycles. The molecule has 0 spiro atoms. The van der Waals surface area contributed by atoms with Gasteiger partial charge in [0, 0.05) is 16.8 Å². The number of rotatable bonds is 13. The maximum absolute atomic E-state index is 13.1. The summed E-state index contributed by atoms with van der Waals surface area (Å²) in [6, 6.07) is 23.4. The van der Waals surface area contributed by atoms with Gasteiger partial charge in [-0.15, -0.1) is 10.2 Å². The number of carbonyl (C=O) groups excluding carboxylic acids is 2. The van der Waals surface area contributed by atoms with Gasteiger partial charge in [0.2, 0.25) is 0 Å². The van der Waals surface area contributed by atoms with Crippen molar-refractivity contribution in [3.05, 3.63) is 158 Å². The molecule has 0 aliphatic heterocycles. The molecule has 0 saturated heterocycles. The van der Waals surface area contributed by atoms with Crippen molar-refractivity contribution >= 4 is 76.3 Å². The van der Waals surface area contributed by atoms with Crippen LogP contribution in [-0.2, 0) is 30.4 Å². The molecule has 0 radical (unpaired) electrons. The van der Waals surface area contributed by atoms with Gasteiger partial charge < -0.3 is 24.3 Å². The van der Waals surface area contributed by atoms with Gasteiger partial charge in [0.1, 0.15) is 30.4 Å². The third kappa shape index (κ3) is 14.3. The molecule has 338 valence electrons. The second-order valence-corrected chi connectivity index (χ2v) is 18.0. The number of azo groups is 2. The SMILES string of the molecule is Cc1[nH]n(-c2ccc(S(=O)(=O)[O-])cc2)c(=O)c1N=Nc1ccc(C(=O)Nc2ccc(NC(=O)c3ccc(N=Nc4c(C)[nH]n(-c5ccc(S(=O)(=O)[O-])cc5)c4=O)cc3)c(S(=O)(=O)[O-])c2)cc1.[K+].[K+].[K+]. The maximum atomic E-state index is 13.1. The summed E-state index contributed by atoms with van der Waals surface area (Å²) in [7, 11) is -14.6. The number of carbonyl (C=O) groups is 2. The topological polar surface area (TPSA) is 355 Å². The smallest absolute Gasteiger partial charge is 0.744 e. The molecule has 5 aromatic carbocycles. The number of nitrogens with one attached hydrogen (secondary N) is 4. The normalized spacial score (nSPS) is 11.7. The number of benzene rings is 5. The van der Waals surface area contributed by atoms with E-state index in [9.17, 15) is 58.1 Å². The quantitative estimate of drug-likeness (QED) is 0.0492. The number of H-pyrrole nitrogens is 2. The molecular formula is C40H29K3N10O13S3. The minimum atomic E-state index is -5.21. The van der Waals surface area contributed by atoms with Gasteiger partial charge in [0.25, 0.3) is 22.9 Å². The standard InChI is InChI=1S/C40H32N10O13S3.3K/c1-22-35(39(53)49(47-22)29-12-16-31(17-13-29)64(55,56)57)45-43-26-7-3-24(4-8-26)37(51)41-28-11-20-33(34(21-28)66(61,62)63)42-38(52)25-5-9-27(10-6-25)44-46-36-23(2)48-50(40(36)54)30-14-18-32(19-15-30)65(58,59)60;;;/h3-21,47-48H,1-2H3,(H,41,51)(H,42,52)(H,55,56,57)(H,58,59,60)(H,61,62,63);;;/q;3*+1/p-3. The molecule has 0 saturated carbocycles. The van der Waals surface area contributed by atoms with E-state index < -0.39 is 68.0 Å². The summed E-state index contributed by atoms with van der Waals surface area (Å²) in [4.78, 5) is 50.4. The maximum Gasteiger partial charge on any atom is 1.00 e. The van der Waals surface area contributed by atoms with Crippen LogP contribution in [-0.4, -0.2) is 70.3 Å². The summed E-state index contributed by atoms with van der Waals surface area (Å²) in [6.07, 6.45) is 0. The van der Waals surface area contributed by atoms with Crippen LogP contribution in [0.2, 0.25) is 0 Å². The molecule has 0 aliphatic rings. The second kappa shape index (κ2) is 24.1. The molecule has 29 heteroatoms. The van der Waals surface area contributed by atoms with Crippen LogP contribution >= 0.6 is 0 Å². The molecule has 2 amide bonds. The molecule has 0 bridgehead atoms. The number of aromatic amines is 2. The largest absolute Gasteiger partial charge is 1.00 e. The third-order valence-electron chi connectivity index (χ3n) is 9.39. The molecule has 0 aliphatic carbocycles. The van der Waals surface area contributed by atoms with Crippen LogP contribution in [0.3, 0.4) is 0 Å². The molecule has 0 fully saturated rings. The number of hydrogen-bond acceptors (Lipinski definition) is 17. The Morgan fingerprint density at radius 2 is 0.884 bits per heavy atom. The van der Waals surface area contributed by atoms with Crippen molar-refractivity contribution in [1.29, 1.82) is 0 Å². The first kappa shape index (κ1) is 58.5. The van der Waals surface area contributed by atoms with E-state index >= 15 is 0 Å². The van der Waals surface area contributed by atoms with Gasteiger partial charge in [-0.3, -0.25) is 29.4 Å². The van der Waals surface area contributed by atoms with Crippen molar-refractivity contribution < 1.29 is 203 Å². The van der Waals surface area contributed by atoms with Crippen LogP contribution in [0.15, 0.2) is 160 Å². The summed E-state index contributed by atoms with van der Waals surface area (Å²) < 4.78 is 106. The van der Waals surface area contributed by atoms with Gasteiger partial charge in [-0.2, -0.15) is 10.2 Å². The summed E-state index contributed by atoms with van der Waals surface area (Å²) >= 11 is 0. The summed E-state index contributed by atoms with van der Waals surface area (Å²) in [5.41, 5.74) is -0.325. The Morgan fingerprint density at radius 1 is 0.507 bits per heavy atom. The molecular weight excluding hydrogens is 1040 g/mol. The summed E-state index contributed by atoms with van der Waals surface area (Å²) in [5, 5.41) is 26.5. The number of aryl methyl sites for hydroxylation is 2. The van der Waals surface area contributed by atoms with E-state index in [1.54, 1.807) is 13.8 Å². The zero-order valence-corrected chi connectivity index (χ0v) is 48.5. The van der Waals surface area contributed by atoms with Crippen molar-refractivity contribution in [3.63, 3.8) is 0 Å². The molecule has 4 N–H and O–H groups in total. The van der Waals surface area contributed by atoms with E-state index in [0.29, 0.717) is 11.4 Å². The fourth-order valence-electron chi connectivity index (χ4n) is 6.08. The van der Waals surface area contributed by atoms with E-state index in [1.165, 1.54) is 78.9 Å². The van der Waals surface area contributed by atoms with Crippen LogP contribution < -0.4 is 176 Å². The average Bonchev–Trinajstić information content (AvgIpc) is 3.72. The molecule has 2 aromatic heterocycles. The fraction of sp³-hybridized carbons (Fsp3) is 0.0500. The minimum absolute atomic E-state index is 0. The van der Waals surface area contributed by atoms with Gasteiger partial charge in [-0.25, -0.2) is 34.6 Å². The average molecular weight is 1070 g/mol. The van der Waals surface area contributed by atoms with Gasteiger partial charge in [-0.05, 0) is 129 Å². The number of amides is 2. The Balaban J connectivity index is 0.00000346. The van der Waals surface area contributed by atoms with E-state index in [1.807, 2.05) is 0 Å². The van der Waals surface area contributed by atoms with E-state index in [0.717, 1.165) is 45.8 Å². The summed E-state index contributed by atoms with van der Waals surface area (Å²) in [5.74, 6) is -1.54. The van der Waals surface area contributed by atoms with Crippen LogP contribution in [0.5, 0.6) is 0 Å². The summed E-state index contributed by atoms with van der Waals surface area (Å²) in [6.45, 7) is 3.09. The second-order valence-electron chi connectivity index (χ2n) is 13.9. The van der Waals surface area contributed by atoms with Crippen LogP contribution in [0.25, 0.3) is 11.4 Å². The van der Waals surface area contributed by atoms with E-state index in [-0.39, 0.29) is 211 Å².